The molecular formula is C13H15BrClN3O. The van der Waals surface area contributed by atoms with Crippen molar-refractivity contribution in [2.75, 3.05) is 17.7 Å². The number of rotatable bonds is 5. The van der Waals surface area contributed by atoms with Crippen LogP contribution < -0.4 is 5.32 Å². The normalized spacial score (nSPS) is 12.4. The van der Waals surface area contributed by atoms with E-state index in [1.54, 1.807) is 6.20 Å². The Kier molecular flexibility index (Phi) is 4.85. The second-order valence-electron chi connectivity index (χ2n) is 4.23. The fourth-order valence-electron chi connectivity index (χ4n) is 1.80. The molecule has 2 N–H and O–H groups in total. The molecule has 0 aliphatic rings. The van der Waals surface area contributed by atoms with Gasteiger partial charge in [0.25, 0.3) is 0 Å². The average molecular weight is 345 g/mol. The highest BCUT2D eigenvalue weighted by molar-refractivity contribution is 9.10. The van der Waals surface area contributed by atoms with Gasteiger partial charge in [-0.15, -0.1) is 11.6 Å². The second kappa shape index (κ2) is 6.41. The van der Waals surface area contributed by atoms with Crippen molar-refractivity contribution in [3.8, 4) is 11.3 Å². The molecule has 0 saturated carbocycles. The zero-order chi connectivity index (χ0) is 13.8. The van der Waals surface area contributed by atoms with Crippen molar-refractivity contribution in [1.29, 1.82) is 0 Å². The first-order valence-corrected chi connectivity index (χ1v) is 7.20. The first kappa shape index (κ1) is 14.4. The monoisotopic (exact) mass is 343 g/mol. The van der Waals surface area contributed by atoms with Crippen LogP contribution in [0.2, 0.25) is 0 Å². The van der Waals surface area contributed by atoms with Gasteiger partial charge in [0.15, 0.2) is 0 Å². The van der Waals surface area contributed by atoms with Crippen molar-refractivity contribution in [1.82, 2.24) is 9.78 Å². The van der Waals surface area contributed by atoms with E-state index in [1.807, 2.05) is 36.0 Å². The van der Waals surface area contributed by atoms with Crippen LogP contribution >= 0.6 is 27.5 Å². The number of halogens is 2. The average Bonchev–Trinajstić information content (AvgIpc) is 2.75. The largest absolute Gasteiger partial charge is 0.390 e. The smallest absolute Gasteiger partial charge is 0.0847 e. The van der Waals surface area contributed by atoms with Crippen LogP contribution in [0.15, 0.2) is 34.9 Å². The van der Waals surface area contributed by atoms with Crippen molar-refractivity contribution >= 4 is 33.2 Å². The minimum Gasteiger partial charge on any atom is -0.390 e. The topological polar surface area (TPSA) is 50.1 Å². The van der Waals surface area contributed by atoms with Gasteiger partial charge in [0.1, 0.15) is 0 Å². The van der Waals surface area contributed by atoms with E-state index in [4.69, 9.17) is 11.6 Å². The highest BCUT2D eigenvalue weighted by Gasteiger charge is 2.09. The highest BCUT2D eigenvalue weighted by Crippen LogP contribution is 2.29. The molecule has 2 aromatic rings. The van der Waals surface area contributed by atoms with Gasteiger partial charge in [0, 0.05) is 24.8 Å². The van der Waals surface area contributed by atoms with Gasteiger partial charge in [-0.3, -0.25) is 4.68 Å². The molecule has 0 spiro atoms. The zero-order valence-corrected chi connectivity index (χ0v) is 12.8. The minimum absolute atomic E-state index is 0.222. The number of nitrogens with zero attached hydrogens (tertiary/aromatic N) is 2. The summed E-state index contributed by atoms with van der Waals surface area (Å²) in [5.41, 5.74) is 3.01. The summed E-state index contributed by atoms with van der Waals surface area (Å²) in [5, 5.41) is 16.8. The van der Waals surface area contributed by atoms with Crippen molar-refractivity contribution in [2.24, 2.45) is 7.05 Å². The summed E-state index contributed by atoms with van der Waals surface area (Å²) < 4.78 is 2.77. The number of hydrogen-bond acceptors (Lipinski definition) is 3. The molecule has 1 aromatic heterocycles. The SMILES string of the molecule is Cn1ncc(Br)c1-c1cccc(NCC(O)CCl)c1. The van der Waals surface area contributed by atoms with E-state index >= 15 is 0 Å². The van der Waals surface area contributed by atoms with Crippen LogP contribution in [-0.2, 0) is 7.05 Å². The van der Waals surface area contributed by atoms with Crippen molar-refractivity contribution in [3.63, 3.8) is 0 Å². The summed E-state index contributed by atoms with van der Waals surface area (Å²) in [6.45, 7) is 0.430. The Labute approximate surface area is 125 Å². The van der Waals surface area contributed by atoms with E-state index in [-0.39, 0.29) is 5.88 Å². The van der Waals surface area contributed by atoms with Crippen molar-refractivity contribution < 1.29 is 5.11 Å². The molecule has 2 rings (SSSR count). The van der Waals surface area contributed by atoms with E-state index in [0.29, 0.717) is 6.54 Å². The number of hydrogen-bond donors (Lipinski definition) is 2. The first-order chi connectivity index (χ1) is 9.11. The molecule has 1 aromatic carbocycles. The van der Waals surface area contributed by atoms with E-state index in [1.165, 1.54) is 0 Å². The number of aliphatic hydroxyl groups excluding tert-OH is 1. The molecule has 0 radical (unpaired) electrons. The lowest BCUT2D eigenvalue weighted by atomic mass is 10.1. The fourth-order valence-corrected chi connectivity index (χ4v) is 2.49. The van der Waals surface area contributed by atoms with Crippen LogP contribution in [0.5, 0.6) is 0 Å². The van der Waals surface area contributed by atoms with Gasteiger partial charge in [0.05, 0.1) is 28.3 Å². The van der Waals surface area contributed by atoms with Gasteiger partial charge < -0.3 is 10.4 Å². The van der Waals surface area contributed by atoms with E-state index in [2.05, 4.69) is 26.3 Å². The Morgan fingerprint density at radius 2 is 2.32 bits per heavy atom. The second-order valence-corrected chi connectivity index (χ2v) is 5.40. The molecule has 4 nitrogen and oxygen atoms in total. The van der Waals surface area contributed by atoms with E-state index in [9.17, 15) is 5.11 Å². The Morgan fingerprint density at radius 1 is 1.53 bits per heavy atom. The van der Waals surface area contributed by atoms with Gasteiger partial charge in [-0.25, -0.2) is 0 Å². The summed E-state index contributed by atoms with van der Waals surface area (Å²) in [4.78, 5) is 0. The minimum atomic E-state index is -0.547. The summed E-state index contributed by atoms with van der Waals surface area (Å²) in [5.74, 6) is 0.222. The van der Waals surface area contributed by atoms with Gasteiger partial charge in [-0.2, -0.15) is 5.10 Å². The van der Waals surface area contributed by atoms with Crippen molar-refractivity contribution in [2.45, 2.75) is 6.10 Å². The lowest BCUT2D eigenvalue weighted by molar-refractivity contribution is 0.211. The Morgan fingerprint density at radius 3 is 2.95 bits per heavy atom. The number of alkyl halides is 1. The van der Waals surface area contributed by atoms with Crippen LogP contribution in [0.25, 0.3) is 11.3 Å². The third-order valence-corrected chi connectivity index (χ3v) is 3.69. The molecule has 1 unspecified atom stereocenters. The molecule has 19 heavy (non-hydrogen) atoms. The quantitative estimate of drug-likeness (QED) is 0.820. The summed E-state index contributed by atoms with van der Waals surface area (Å²) in [7, 11) is 1.90. The molecule has 1 heterocycles. The Balaban J connectivity index is 2.20. The number of aromatic nitrogens is 2. The molecule has 6 heteroatoms. The van der Waals surface area contributed by atoms with Gasteiger partial charge in [-0.05, 0) is 28.1 Å². The predicted octanol–water partition coefficient (Wildman–Crippen LogP) is 2.86. The molecule has 0 bridgehead atoms. The zero-order valence-electron chi connectivity index (χ0n) is 10.5. The Hall–Kier alpha value is -1.04. The van der Waals surface area contributed by atoms with E-state index in [0.717, 1.165) is 21.4 Å². The fraction of sp³-hybridized carbons (Fsp3) is 0.308. The molecule has 102 valence electrons. The maximum Gasteiger partial charge on any atom is 0.0847 e. The standard InChI is InChI=1S/C13H15BrClN3O/c1-18-13(12(14)8-17-18)9-3-2-4-10(5-9)16-7-11(19)6-15/h2-5,8,11,16,19H,6-7H2,1H3. The molecule has 0 amide bonds. The Bertz CT molecular complexity index is 539. The summed E-state index contributed by atoms with van der Waals surface area (Å²) >= 11 is 9.06. The molecule has 0 aliphatic heterocycles. The van der Waals surface area contributed by atoms with Crippen LogP contribution in [0.4, 0.5) is 5.69 Å². The summed E-state index contributed by atoms with van der Waals surface area (Å²) in [6.07, 6.45) is 1.22. The molecule has 0 fully saturated rings. The van der Waals surface area contributed by atoms with Gasteiger partial charge in [-0.1, -0.05) is 12.1 Å². The highest BCUT2D eigenvalue weighted by atomic mass is 79.9. The van der Waals surface area contributed by atoms with Crippen LogP contribution in [0, 0.1) is 0 Å². The molecular weight excluding hydrogens is 330 g/mol. The van der Waals surface area contributed by atoms with E-state index < -0.39 is 6.10 Å². The number of aliphatic hydroxyl groups is 1. The van der Waals surface area contributed by atoms with Crippen LogP contribution in [0.3, 0.4) is 0 Å². The lowest BCUT2D eigenvalue weighted by Crippen LogP contribution is -2.20. The number of benzene rings is 1. The van der Waals surface area contributed by atoms with Gasteiger partial charge >= 0.3 is 0 Å². The summed E-state index contributed by atoms with van der Waals surface area (Å²) in [6, 6.07) is 7.95. The lowest BCUT2D eigenvalue weighted by Gasteiger charge is -2.11. The maximum absolute atomic E-state index is 9.44. The van der Waals surface area contributed by atoms with Crippen LogP contribution in [-0.4, -0.2) is 33.4 Å². The van der Waals surface area contributed by atoms with Crippen molar-refractivity contribution in [3.05, 3.63) is 34.9 Å². The molecule has 1 atom stereocenters. The number of nitrogens with one attached hydrogen (secondary N) is 1. The predicted molar refractivity (Wildman–Crippen MR) is 81.6 cm³/mol. The first-order valence-electron chi connectivity index (χ1n) is 5.87. The molecule has 0 saturated heterocycles. The van der Waals surface area contributed by atoms with Crippen LogP contribution in [0.1, 0.15) is 0 Å². The molecule has 0 aliphatic carbocycles. The third kappa shape index (κ3) is 3.49. The number of aryl methyl sites for hydroxylation is 1. The van der Waals surface area contributed by atoms with Gasteiger partial charge in [0.2, 0.25) is 0 Å². The maximum atomic E-state index is 9.44. The number of anilines is 1. The third-order valence-electron chi connectivity index (χ3n) is 2.75.